The maximum Gasteiger partial charge on any atom is 0.255 e. The van der Waals surface area contributed by atoms with Gasteiger partial charge in [0.15, 0.2) is 0 Å². The summed E-state index contributed by atoms with van der Waals surface area (Å²) in [4.78, 5) is 21.2. The molecule has 0 aliphatic carbocycles. The summed E-state index contributed by atoms with van der Waals surface area (Å²) in [5.74, 6) is 0.622. The van der Waals surface area contributed by atoms with Gasteiger partial charge in [0, 0.05) is 19.2 Å². The first kappa shape index (κ1) is 13.3. The molecular formula is C15H19N3O. The van der Waals surface area contributed by atoms with Crippen LogP contribution in [-0.4, -0.2) is 17.0 Å². The fraction of sp³-hybridized carbons (Fsp3) is 0.333. The summed E-state index contributed by atoms with van der Waals surface area (Å²) >= 11 is 0. The summed E-state index contributed by atoms with van der Waals surface area (Å²) in [5.41, 5.74) is 2.70. The van der Waals surface area contributed by atoms with Gasteiger partial charge in [0.25, 0.3) is 5.56 Å². The third kappa shape index (κ3) is 3.02. The largest absolute Gasteiger partial charge is 0.341 e. The fourth-order valence-electron chi connectivity index (χ4n) is 2.02. The van der Waals surface area contributed by atoms with Gasteiger partial charge in [-0.25, -0.2) is 4.98 Å². The molecule has 1 heterocycles. The Morgan fingerprint density at radius 2 is 1.95 bits per heavy atom. The topological polar surface area (TPSA) is 49.0 Å². The summed E-state index contributed by atoms with van der Waals surface area (Å²) in [6.45, 7) is 4.54. The Morgan fingerprint density at radius 1 is 1.26 bits per heavy atom. The van der Waals surface area contributed by atoms with Gasteiger partial charge >= 0.3 is 0 Å². The minimum Gasteiger partial charge on any atom is -0.341 e. The van der Waals surface area contributed by atoms with Crippen molar-refractivity contribution in [3.63, 3.8) is 0 Å². The van der Waals surface area contributed by atoms with Gasteiger partial charge in [-0.05, 0) is 18.9 Å². The number of H-pyrrole nitrogens is 1. The average molecular weight is 257 g/mol. The van der Waals surface area contributed by atoms with Crippen LogP contribution in [0.3, 0.4) is 0 Å². The molecule has 0 radical (unpaired) electrons. The quantitative estimate of drug-likeness (QED) is 0.914. The van der Waals surface area contributed by atoms with Crippen LogP contribution in [0.4, 0.5) is 5.95 Å². The lowest BCUT2D eigenvalue weighted by atomic mass is 10.2. The van der Waals surface area contributed by atoms with Crippen molar-refractivity contribution in [1.82, 2.24) is 9.97 Å². The van der Waals surface area contributed by atoms with Gasteiger partial charge in [-0.3, -0.25) is 9.78 Å². The molecule has 0 bridgehead atoms. The summed E-state index contributed by atoms with van der Waals surface area (Å²) in [7, 11) is 1.93. The maximum atomic E-state index is 11.9. The monoisotopic (exact) mass is 257 g/mol. The smallest absolute Gasteiger partial charge is 0.255 e. The van der Waals surface area contributed by atoms with Gasteiger partial charge in [0.05, 0.1) is 5.69 Å². The average Bonchev–Trinajstić information content (AvgIpc) is 2.42. The zero-order valence-corrected chi connectivity index (χ0v) is 11.6. The molecule has 4 heteroatoms. The second kappa shape index (κ2) is 5.69. The number of benzene rings is 1. The minimum atomic E-state index is -0.0539. The first-order valence-corrected chi connectivity index (χ1v) is 6.46. The van der Waals surface area contributed by atoms with Gasteiger partial charge in [0.1, 0.15) is 0 Å². The Labute approximate surface area is 113 Å². The van der Waals surface area contributed by atoms with Crippen LogP contribution in [-0.2, 0) is 13.0 Å². The highest BCUT2D eigenvalue weighted by molar-refractivity contribution is 5.33. The molecule has 100 valence electrons. The van der Waals surface area contributed by atoms with Crippen LogP contribution >= 0.6 is 0 Å². The molecule has 1 aromatic carbocycles. The Kier molecular flexibility index (Phi) is 4.00. The van der Waals surface area contributed by atoms with E-state index in [1.165, 1.54) is 5.56 Å². The molecule has 0 amide bonds. The van der Waals surface area contributed by atoms with Crippen molar-refractivity contribution in [2.24, 2.45) is 0 Å². The van der Waals surface area contributed by atoms with Crippen LogP contribution in [0.15, 0.2) is 35.1 Å². The molecule has 0 saturated carbocycles. The second-order valence-corrected chi connectivity index (χ2v) is 4.66. The van der Waals surface area contributed by atoms with Gasteiger partial charge in [0.2, 0.25) is 5.95 Å². The fourth-order valence-corrected chi connectivity index (χ4v) is 2.02. The zero-order valence-electron chi connectivity index (χ0n) is 11.6. The van der Waals surface area contributed by atoms with E-state index >= 15 is 0 Å². The molecule has 0 fully saturated rings. The Hall–Kier alpha value is -2.10. The van der Waals surface area contributed by atoms with Gasteiger partial charge < -0.3 is 4.90 Å². The highest BCUT2D eigenvalue weighted by Crippen LogP contribution is 2.11. The highest BCUT2D eigenvalue weighted by Gasteiger charge is 2.09. The van der Waals surface area contributed by atoms with Gasteiger partial charge in [-0.15, -0.1) is 0 Å². The summed E-state index contributed by atoms with van der Waals surface area (Å²) in [6, 6.07) is 10.1. The molecular weight excluding hydrogens is 238 g/mol. The number of nitrogens with one attached hydrogen (secondary N) is 1. The number of aromatic nitrogens is 2. The predicted molar refractivity (Wildman–Crippen MR) is 77.5 cm³/mol. The number of aromatic amines is 1. The molecule has 1 aromatic heterocycles. The summed E-state index contributed by atoms with van der Waals surface area (Å²) in [5, 5.41) is 0. The number of hydrogen-bond acceptors (Lipinski definition) is 3. The Morgan fingerprint density at radius 3 is 2.58 bits per heavy atom. The molecule has 0 aliphatic heterocycles. The van der Waals surface area contributed by atoms with Crippen molar-refractivity contribution >= 4 is 5.95 Å². The SMILES string of the molecule is CCc1nc(N(C)Cc2ccccc2)[nH]c(=O)c1C. The summed E-state index contributed by atoms with van der Waals surface area (Å²) in [6.07, 6.45) is 0.766. The van der Waals surface area contributed by atoms with Crippen molar-refractivity contribution in [2.75, 3.05) is 11.9 Å². The van der Waals surface area contributed by atoms with Gasteiger partial charge in [-0.2, -0.15) is 0 Å². The molecule has 0 aliphatic rings. The van der Waals surface area contributed by atoms with E-state index in [-0.39, 0.29) is 5.56 Å². The number of anilines is 1. The minimum absolute atomic E-state index is 0.0539. The molecule has 0 unspecified atom stereocenters. The number of nitrogens with zero attached hydrogens (tertiary/aromatic N) is 2. The van der Waals surface area contributed by atoms with E-state index in [9.17, 15) is 4.79 Å². The van der Waals surface area contributed by atoms with Crippen molar-refractivity contribution in [3.8, 4) is 0 Å². The first-order valence-electron chi connectivity index (χ1n) is 6.46. The maximum absolute atomic E-state index is 11.9. The van der Waals surface area contributed by atoms with Crippen molar-refractivity contribution in [2.45, 2.75) is 26.8 Å². The lowest BCUT2D eigenvalue weighted by Crippen LogP contribution is -2.25. The number of rotatable bonds is 4. The van der Waals surface area contributed by atoms with Crippen LogP contribution in [0.2, 0.25) is 0 Å². The van der Waals surface area contributed by atoms with Crippen molar-refractivity contribution in [3.05, 3.63) is 57.5 Å². The predicted octanol–water partition coefficient (Wildman–Crippen LogP) is 2.28. The van der Waals surface area contributed by atoms with Crippen LogP contribution in [0.25, 0.3) is 0 Å². The molecule has 1 N–H and O–H groups in total. The third-order valence-corrected chi connectivity index (χ3v) is 3.20. The second-order valence-electron chi connectivity index (χ2n) is 4.66. The summed E-state index contributed by atoms with van der Waals surface area (Å²) < 4.78 is 0. The molecule has 2 aromatic rings. The molecule has 4 nitrogen and oxygen atoms in total. The molecule has 0 spiro atoms. The highest BCUT2D eigenvalue weighted by atomic mass is 16.1. The van der Waals surface area contributed by atoms with E-state index in [1.54, 1.807) is 0 Å². The Bertz CT molecular complexity index is 605. The van der Waals surface area contributed by atoms with E-state index < -0.39 is 0 Å². The van der Waals surface area contributed by atoms with Crippen molar-refractivity contribution < 1.29 is 0 Å². The number of aryl methyl sites for hydroxylation is 1. The first-order chi connectivity index (χ1) is 9.11. The van der Waals surface area contributed by atoms with Crippen LogP contribution < -0.4 is 10.5 Å². The molecule has 0 saturated heterocycles. The van der Waals surface area contributed by atoms with E-state index in [4.69, 9.17) is 0 Å². The molecule has 19 heavy (non-hydrogen) atoms. The van der Waals surface area contributed by atoms with Crippen LogP contribution in [0.1, 0.15) is 23.7 Å². The normalized spacial score (nSPS) is 10.5. The van der Waals surface area contributed by atoms with E-state index in [0.29, 0.717) is 11.5 Å². The van der Waals surface area contributed by atoms with E-state index in [2.05, 4.69) is 22.1 Å². The van der Waals surface area contributed by atoms with Crippen LogP contribution in [0, 0.1) is 6.92 Å². The lowest BCUT2D eigenvalue weighted by molar-refractivity contribution is 0.833. The molecule has 0 atom stereocenters. The van der Waals surface area contributed by atoms with Crippen molar-refractivity contribution in [1.29, 1.82) is 0 Å². The lowest BCUT2D eigenvalue weighted by Gasteiger charge is -2.18. The van der Waals surface area contributed by atoms with E-state index in [1.807, 2.05) is 44.0 Å². The van der Waals surface area contributed by atoms with E-state index in [0.717, 1.165) is 18.7 Å². The zero-order chi connectivity index (χ0) is 13.8. The van der Waals surface area contributed by atoms with Gasteiger partial charge in [-0.1, -0.05) is 37.3 Å². The van der Waals surface area contributed by atoms with Crippen LogP contribution in [0.5, 0.6) is 0 Å². The Balaban J connectivity index is 2.27. The third-order valence-electron chi connectivity index (χ3n) is 3.20. The standard InChI is InChI=1S/C15H19N3O/c1-4-13-11(2)14(19)17-15(16-13)18(3)10-12-8-6-5-7-9-12/h5-9H,4,10H2,1-3H3,(H,16,17,19). The number of hydrogen-bond donors (Lipinski definition) is 1. The molecule has 2 rings (SSSR count).